The fourth-order valence-corrected chi connectivity index (χ4v) is 1.43. The number of carbonyl (C=O) groups is 2. The molecule has 0 fully saturated rings. The zero-order valence-electron chi connectivity index (χ0n) is 9.06. The van der Waals surface area contributed by atoms with Crippen LogP contribution in [0.3, 0.4) is 0 Å². The van der Waals surface area contributed by atoms with E-state index in [1.807, 2.05) is 0 Å². The van der Waals surface area contributed by atoms with E-state index in [0.29, 0.717) is 11.1 Å². The van der Waals surface area contributed by atoms with Gasteiger partial charge in [0.15, 0.2) is 0 Å². The molecule has 1 aromatic carbocycles. The van der Waals surface area contributed by atoms with E-state index in [4.69, 9.17) is 4.84 Å². The molecule has 0 spiro atoms. The molecule has 5 nitrogen and oxygen atoms in total. The zero-order valence-corrected chi connectivity index (χ0v) is 9.06. The number of nitrogens with zero attached hydrogens (tertiary/aromatic N) is 1. The molecule has 1 aliphatic rings. The molecule has 84 valence electrons. The van der Waals surface area contributed by atoms with Crippen LogP contribution in [0, 0.1) is 0 Å². The molecule has 5 heteroatoms. The van der Waals surface area contributed by atoms with Crippen LogP contribution in [0.1, 0.15) is 34.6 Å². The number of amides is 2. The largest absolute Gasteiger partial charge is 0.279 e. The maximum atomic E-state index is 11.8. The van der Waals surface area contributed by atoms with E-state index in [1.54, 1.807) is 38.1 Å². The SMILES string of the molecule is CC(C)ONN1C(=O)c2ccccc2C1=O. The van der Waals surface area contributed by atoms with Crippen molar-refractivity contribution in [2.45, 2.75) is 20.0 Å². The highest BCUT2D eigenvalue weighted by Gasteiger charge is 2.35. The summed E-state index contributed by atoms with van der Waals surface area (Å²) in [4.78, 5) is 28.6. The maximum absolute atomic E-state index is 11.8. The molecular formula is C11H12N2O3. The molecule has 2 amide bonds. The lowest BCUT2D eigenvalue weighted by molar-refractivity contribution is -0.0795. The second kappa shape index (κ2) is 4.03. The standard InChI is InChI=1S/C11H12N2O3/c1-7(2)16-12-13-10(14)8-5-3-4-6-9(8)11(13)15/h3-7,12H,1-2H3. The molecule has 0 unspecified atom stereocenters. The highest BCUT2D eigenvalue weighted by molar-refractivity contribution is 6.20. The smallest absolute Gasteiger partial charge is 0.277 e. The Morgan fingerprint density at radius 2 is 1.62 bits per heavy atom. The predicted molar refractivity (Wildman–Crippen MR) is 56.3 cm³/mol. The second-order valence-corrected chi connectivity index (χ2v) is 3.75. The van der Waals surface area contributed by atoms with E-state index in [9.17, 15) is 9.59 Å². The third-order valence-corrected chi connectivity index (χ3v) is 2.17. The van der Waals surface area contributed by atoms with Crippen molar-refractivity contribution < 1.29 is 14.4 Å². The number of hydrogen-bond acceptors (Lipinski definition) is 4. The van der Waals surface area contributed by atoms with Gasteiger partial charge in [-0.25, -0.2) is 0 Å². The van der Waals surface area contributed by atoms with Gasteiger partial charge in [0, 0.05) is 0 Å². The minimum atomic E-state index is -0.388. The van der Waals surface area contributed by atoms with Gasteiger partial charge in [-0.2, -0.15) is 5.01 Å². The zero-order chi connectivity index (χ0) is 11.7. The normalized spacial score (nSPS) is 14.8. The third-order valence-electron chi connectivity index (χ3n) is 2.17. The Bertz CT molecular complexity index is 408. The van der Waals surface area contributed by atoms with Crippen molar-refractivity contribution in [3.05, 3.63) is 35.4 Å². The number of carbonyl (C=O) groups excluding carboxylic acids is 2. The first-order chi connectivity index (χ1) is 7.61. The van der Waals surface area contributed by atoms with Gasteiger partial charge < -0.3 is 0 Å². The van der Waals surface area contributed by atoms with Crippen LogP contribution in [-0.2, 0) is 4.84 Å². The van der Waals surface area contributed by atoms with Crippen molar-refractivity contribution >= 4 is 11.8 Å². The van der Waals surface area contributed by atoms with E-state index in [0.717, 1.165) is 5.01 Å². The number of hydrogen-bond donors (Lipinski definition) is 1. The lowest BCUT2D eigenvalue weighted by Gasteiger charge is -2.16. The Hall–Kier alpha value is -1.72. The fraction of sp³-hybridized carbons (Fsp3) is 0.273. The van der Waals surface area contributed by atoms with E-state index >= 15 is 0 Å². The molecule has 2 rings (SSSR count). The Kier molecular flexibility index (Phi) is 2.72. The molecule has 0 radical (unpaired) electrons. The average molecular weight is 220 g/mol. The van der Waals surface area contributed by atoms with E-state index in [1.165, 1.54) is 0 Å². The summed E-state index contributed by atoms with van der Waals surface area (Å²) in [5, 5.41) is 0.880. The molecule has 16 heavy (non-hydrogen) atoms. The van der Waals surface area contributed by atoms with Gasteiger partial charge in [0.2, 0.25) is 0 Å². The summed E-state index contributed by atoms with van der Waals surface area (Å²) in [6.07, 6.45) is -0.121. The summed E-state index contributed by atoms with van der Waals surface area (Å²) < 4.78 is 0. The molecule has 1 aromatic rings. The second-order valence-electron chi connectivity index (χ2n) is 3.75. The average Bonchev–Trinajstić information content (AvgIpc) is 2.50. The van der Waals surface area contributed by atoms with Gasteiger partial charge in [0.05, 0.1) is 17.2 Å². The van der Waals surface area contributed by atoms with Crippen LogP contribution < -0.4 is 5.59 Å². The fourth-order valence-electron chi connectivity index (χ4n) is 1.43. The van der Waals surface area contributed by atoms with Gasteiger partial charge >= 0.3 is 0 Å². The summed E-state index contributed by atoms with van der Waals surface area (Å²) in [6, 6.07) is 6.67. The molecule has 0 aliphatic carbocycles. The number of imide groups is 1. The van der Waals surface area contributed by atoms with Crippen LogP contribution in [0.4, 0.5) is 0 Å². The van der Waals surface area contributed by atoms with Gasteiger partial charge in [-0.15, -0.1) is 5.59 Å². The number of rotatable bonds is 3. The third kappa shape index (κ3) is 1.70. The van der Waals surface area contributed by atoms with Gasteiger partial charge in [0.1, 0.15) is 0 Å². The molecule has 0 bridgehead atoms. The summed E-state index contributed by atoms with van der Waals surface area (Å²) in [6.45, 7) is 3.59. The lowest BCUT2D eigenvalue weighted by Crippen LogP contribution is -2.43. The predicted octanol–water partition coefficient (Wildman–Crippen LogP) is 1.13. The van der Waals surface area contributed by atoms with Gasteiger partial charge in [-0.1, -0.05) is 12.1 Å². The first kappa shape index (κ1) is 10.8. The summed E-state index contributed by atoms with van der Waals surface area (Å²) in [5.74, 6) is -0.775. The van der Waals surface area contributed by atoms with Crippen molar-refractivity contribution in [1.82, 2.24) is 10.6 Å². The van der Waals surface area contributed by atoms with E-state index < -0.39 is 0 Å². The Morgan fingerprint density at radius 3 is 2.06 bits per heavy atom. The van der Waals surface area contributed by atoms with Crippen molar-refractivity contribution in [3.8, 4) is 0 Å². The van der Waals surface area contributed by atoms with Crippen LogP contribution >= 0.6 is 0 Å². The van der Waals surface area contributed by atoms with Crippen LogP contribution in [0.2, 0.25) is 0 Å². The van der Waals surface area contributed by atoms with Crippen molar-refractivity contribution in [1.29, 1.82) is 0 Å². The van der Waals surface area contributed by atoms with E-state index in [2.05, 4.69) is 5.59 Å². The number of hydrazine groups is 1. The van der Waals surface area contributed by atoms with Crippen LogP contribution in [0.25, 0.3) is 0 Å². The first-order valence-electron chi connectivity index (χ1n) is 5.00. The van der Waals surface area contributed by atoms with Gasteiger partial charge in [-0.3, -0.25) is 14.4 Å². The molecule has 0 aromatic heterocycles. The molecule has 0 atom stereocenters. The van der Waals surface area contributed by atoms with Crippen LogP contribution in [0.15, 0.2) is 24.3 Å². The molecule has 1 N–H and O–H groups in total. The number of fused-ring (bicyclic) bond motifs is 1. The first-order valence-corrected chi connectivity index (χ1v) is 5.00. The molecular weight excluding hydrogens is 208 g/mol. The quantitative estimate of drug-likeness (QED) is 0.612. The van der Waals surface area contributed by atoms with Crippen LogP contribution in [0.5, 0.6) is 0 Å². The topological polar surface area (TPSA) is 58.6 Å². The highest BCUT2D eigenvalue weighted by atomic mass is 16.7. The molecule has 0 saturated heterocycles. The highest BCUT2D eigenvalue weighted by Crippen LogP contribution is 2.20. The lowest BCUT2D eigenvalue weighted by atomic mass is 10.1. The van der Waals surface area contributed by atoms with Gasteiger partial charge in [-0.05, 0) is 26.0 Å². The van der Waals surface area contributed by atoms with Crippen LogP contribution in [-0.4, -0.2) is 22.9 Å². The summed E-state index contributed by atoms with van der Waals surface area (Å²) in [5.41, 5.74) is 3.15. The summed E-state index contributed by atoms with van der Waals surface area (Å²) >= 11 is 0. The molecule has 1 heterocycles. The minimum absolute atomic E-state index is 0.121. The monoisotopic (exact) mass is 220 g/mol. The Labute approximate surface area is 92.9 Å². The Morgan fingerprint density at radius 1 is 1.12 bits per heavy atom. The van der Waals surface area contributed by atoms with Crippen molar-refractivity contribution in [2.24, 2.45) is 0 Å². The molecule has 0 saturated carbocycles. The summed E-state index contributed by atoms with van der Waals surface area (Å²) in [7, 11) is 0. The van der Waals surface area contributed by atoms with Gasteiger partial charge in [0.25, 0.3) is 11.8 Å². The maximum Gasteiger partial charge on any atom is 0.277 e. The number of benzene rings is 1. The number of nitrogens with one attached hydrogen (secondary N) is 1. The van der Waals surface area contributed by atoms with Crippen molar-refractivity contribution in [3.63, 3.8) is 0 Å². The Balaban J connectivity index is 2.22. The van der Waals surface area contributed by atoms with Crippen molar-refractivity contribution in [2.75, 3.05) is 0 Å². The molecule has 1 aliphatic heterocycles. The van der Waals surface area contributed by atoms with E-state index in [-0.39, 0.29) is 17.9 Å². The minimum Gasteiger partial charge on any atom is -0.279 e.